The molecule has 98 valence electrons. The number of nitrogens with zero attached hydrogens (tertiary/aromatic N) is 3. The minimum atomic E-state index is 0.864. The molecule has 0 bridgehead atoms. The summed E-state index contributed by atoms with van der Waals surface area (Å²) >= 11 is 3.55. The van der Waals surface area contributed by atoms with Crippen molar-refractivity contribution in [1.82, 2.24) is 4.98 Å². The molecule has 0 aliphatic carbocycles. The van der Waals surface area contributed by atoms with Gasteiger partial charge in [0.05, 0.1) is 0 Å². The first-order valence-corrected chi connectivity index (χ1v) is 7.09. The van der Waals surface area contributed by atoms with Crippen LogP contribution < -0.4 is 9.80 Å². The summed E-state index contributed by atoms with van der Waals surface area (Å²) in [5.41, 5.74) is 3.86. The number of hydrogen-bond donors (Lipinski definition) is 0. The van der Waals surface area contributed by atoms with Gasteiger partial charge in [-0.2, -0.15) is 0 Å². The molecule has 2 aromatic rings. The lowest BCUT2D eigenvalue weighted by molar-refractivity contribution is 0.819. The molecule has 3 nitrogen and oxygen atoms in total. The normalized spacial score (nSPS) is 14.5. The van der Waals surface area contributed by atoms with Gasteiger partial charge in [0, 0.05) is 49.1 Å². The van der Waals surface area contributed by atoms with Crippen molar-refractivity contribution in [2.24, 2.45) is 0 Å². The van der Waals surface area contributed by atoms with Gasteiger partial charge in [-0.15, -0.1) is 0 Å². The fraction of sp³-hybridized carbons (Fsp3) is 0.267. The highest BCUT2D eigenvalue weighted by Crippen LogP contribution is 2.31. The highest BCUT2D eigenvalue weighted by molar-refractivity contribution is 9.10. The Morgan fingerprint density at radius 2 is 1.84 bits per heavy atom. The molecule has 0 atom stereocenters. The number of halogens is 1. The fourth-order valence-corrected chi connectivity index (χ4v) is 3.03. The molecule has 1 aliphatic heterocycles. The molecule has 0 saturated heterocycles. The summed E-state index contributed by atoms with van der Waals surface area (Å²) in [6.07, 6.45) is 1.86. The summed E-state index contributed by atoms with van der Waals surface area (Å²) in [5, 5.41) is 0. The third kappa shape index (κ3) is 2.32. The molecule has 4 heteroatoms. The Kier molecular flexibility index (Phi) is 3.19. The van der Waals surface area contributed by atoms with Crippen LogP contribution in [0.2, 0.25) is 0 Å². The fourth-order valence-electron chi connectivity index (χ4n) is 2.62. The van der Waals surface area contributed by atoms with Crippen LogP contribution in [-0.2, 0) is 13.1 Å². The lowest BCUT2D eigenvalue weighted by atomic mass is 10.1. The van der Waals surface area contributed by atoms with Crippen LogP contribution in [0.25, 0.3) is 0 Å². The number of aromatic nitrogens is 1. The van der Waals surface area contributed by atoms with Gasteiger partial charge in [0.15, 0.2) is 0 Å². The number of benzene rings is 1. The molecule has 0 spiro atoms. The SMILES string of the molecule is CN1Cc2cccnc2N(C)Cc2cc(Br)ccc21. The summed E-state index contributed by atoms with van der Waals surface area (Å²) in [4.78, 5) is 9.02. The van der Waals surface area contributed by atoms with Crippen molar-refractivity contribution in [1.29, 1.82) is 0 Å². The van der Waals surface area contributed by atoms with E-state index in [1.807, 2.05) is 12.3 Å². The van der Waals surface area contributed by atoms with Crippen LogP contribution in [0.15, 0.2) is 41.0 Å². The number of fused-ring (bicyclic) bond motifs is 2. The second-order valence-electron chi connectivity index (χ2n) is 4.97. The minimum absolute atomic E-state index is 0.864. The topological polar surface area (TPSA) is 19.4 Å². The average Bonchev–Trinajstić information content (AvgIpc) is 2.38. The van der Waals surface area contributed by atoms with E-state index in [1.54, 1.807) is 0 Å². The van der Waals surface area contributed by atoms with Gasteiger partial charge < -0.3 is 9.80 Å². The van der Waals surface area contributed by atoms with Crippen molar-refractivity contribution in [3.8, 4) is 0 Å². The third-order valence-electron chi connectivity index (χ3n) is 3.50. The van der Waals surface area contributed by atoms with E-state index in [4.69, 9.17) is 0 Å². The summed E-state index contributed by atoms with van der Waals surface area (Å²) in [6, 6.07) is 10.6. The lowest BCUT2D eigenvalue weighted by Crippen LogP contribution is -2.27. The van der Waals surface area contributed by atoms with Gasteiger partial charge in [-0.05, 0) is 29.8 Å². The summed E-state index contributed by atoms with van der Waals surface area (Å²) in [6.45, 7) is 1.74. The largest absolute Gasteiger partial charge is 0.370 e. The van der Waals surface area contributed by atoms with Crippen molar-refractivity contribution in [3.63, 3.8) is 0 Å². The molecule has 0 N–H and O–H groups in total. The van der Waals surface area contributed by atoms with E-state index < -0.39 is 0 Å². The van der Waals surface area contributed by atoms with Crippen molar-refractivity contribution in [2.45, 2.75) is 13.1 Å². The van der Waals surface area contributed by atoms with Crippen LogP contribution in [0.5, 0.6) is 0 Å². The standard InChI is InChI=1S/C15H16BrN3/c1-18-9-11-4-3-7-17-15(11)19(2)10-12-8-13(16)5-6-14(12)18/h3-8H,9-10H2,1-2H3. The van der Waals surface area contributed by atoms with E-state index in [9.17, 15) is 0 Å². The summed E-state index contributed by atoms with van der Waals surface area (Å²) in [7, 11) is 4.23. The molecule has 0 saturated carbocycles. The first-order valence-electron chi connectivity index (χ1n) is 6.30. The Hall–Kier alpha value is -1.55. The van der Waals surface area contributed by atoms with Gasteiger partial charge in [0.2, 0.25) is 0 Å². The maximum absolute atomic E-state index is 4.52. The van der Waals surface area contributed by atoms with Gasteiger partial charge >= 0.3 is 0 Å². The average molecular weight is 318 g/mol. The van der Waals surface area contributed by atoms with Crippen LogP contribution >= 0.6 is 15.9 Å². The molecule has 0 fully saturated rings. The zero-order valence-electron chi connectivity index (χ0n) is 11.1. The predicted octanol–water partition coefficient (Wildman–Crippen LogP) is 3.43. The van der Waals surface area contributed by atoms with Crippen LogP contribution in [0.3, 0.4) is 0 Å². The molecule has 19 heavy (non-hydrogen) atoms. The summed E-state index contributed by atoms with van der Waals surface area (Å²) in [5.74, 6) is 1.07. The molecule has 2 heterocycles. The van der Waals surface area contributed by atoms with Gasteiger partial charge in [0.1, 0.15) is 5.82 Å². The molecule has 1 aromatic carbocycles. The Morgan fingerprint density at radius 3 is 2.68 bits per heavy atom. The highest BCUT2D eigenvalue weighted by Gasteiger charge is 2.18. The van der Waals surface area contributed by atoms with Crippen LogP contribution in [-0.4, -0.2) is 19.1 Å². The predicted molar refractivity (Wildman–Crippen MR) is 82.6 cm³/mol. The second kappa shape index (κ2) is 4.85. The molecule has 0 unspecified atom stereocenters. The van der Waals surface area contributed by atoms with Crippen molar-refractivity contribution in [3.05, 3.63) is 52.1 Å². The van der Waals surface area contributed by atoms with Crippen LogP contribution in [0.4, 0.5) is 11.5 Å². The van der Waals surface area contributed by atoms with E-state index in [2.05, 4.69) is 69.1 Å². The van der Waals surface area contributed by atoms with Gasteiger partial charge in [-0.1, -0.05) is 22.0 Å². The molecule has 3 rings (SSSR count). The van der Waals surface area contributed by atoms with E-state index in [0.717, 1.165) is 23.4 Å². The smallest absolute Gasteiger partial charge is 0.133 e. The summed E-state index contributed by atoms with van der Waals surface area (Å²) < 4.78 is 1.12. The lowest BCUT2D eigenvalue weighted by Gasteiger charge is -2.31. The van der Waals surface area contributed by atoms with Crippen LogP contribution in [0, 0.1) is 0 Å². The minimum Gasteiger partial charge on any atom is -0.370 e. The van der Waals surface area contributed by atoms with Crippen molar-refractivity contribution < 1.29 is 0 Å². The molecule has 0 radical (unpaired) electrons. The Bertz CT molecular complexity index is 612. The monoisotopic (exact) mass is 317 g/mol. The first-order chi connectivity index (χ1) is 9.15. The Labute approximate surface area is 122 Å². The second-order valence-corrected chi connectivity index (χ2v) is 5.89. The third-order valence-corrected chi connectivity index (χ3v) is 3.99. The van der Waals surface area contributed by atoms with Crippen molar-refractivity contribution in [2.75, 3.05) is 23.9 Å². The molecule has 0 amide bonds. The van der Waals surface area contributed by atoms with E-state index >= 15 is 0 Å². The highest BCUT2D eigenvalue weighted by atomic mass is 79.9. The quantitative estimate of drug-likeness (QED) is 0.742. The van der Waals surface area contributed by atoms with E-state index in [1.165, 1.54) is 16.8 Å². The first kappa shape index (κ1) is 12.5. The van der Waals surface area contributed by atoms with E-state index in [0.29, 0.717) is 0 Å². The van der Waals surface area contributed by atoms with E-state index in [-0.39, 0.29) is 0 Å². The zero-order valence-corrected chi connectivity index (χ0v) is 12.7. The molecule has 1 aliphatic rings. The Morgan fingerprint density at radius 1 is 1.05 bits per heavy atom. The molecule has 1 aromatic heterocycles. The maximum Gasteiger partial charge on any atom is 0.133 e. The van der Waals surface area contributed by atoms with Gasteiger partial charge in [-0.3, -0.25) is 0 Å². The zero-order chi connectivity index (χ0) is 13.4. The molecular formula is C15H16BrN3. The molecular weight excluding hydrogens is 302 g/mol. The van der Waals surface area contributed by atoms with Crippen molar-refractivity contribution >= 4 is 27.4 Å². The van der Waals surface area contributed by atoms with Gasteiger partial charge in [-0.25, -0.2) is 4.98 Å². The number of hydrogen-bond acceptors (Lipinski definition) is 3. The van der Waals surface area contributed by atoms with Crippen LogP contribution in [0.1, 0.15) is 11.1 Å². The number of pyridine rings is 1. The Balaban J connectivity index is 2.09. The number of anilines is 2. The number of rotatable bonds is 0. The van der Waals surface area contributed by atoms with Gasteiger partial charge in [0.25, 0.3) is 0 Å². The maximum atomic E-state index is 4.52.